The van der Waals surface area contributed by atoms with E-state index in [0.717, 1.165) is 25.2 Å². The normalized spacial score (nSPS) is 20.4. The van der Waals surface area contributed by atoms with Gasteiger partial charge in [0.1, 0.15) is 6.61 Å². The number of nitro benzene ring substituents is 1. The number of nitrogens with zero attached hydrogens (tertiary/aromatic N) is 4. The summed E-state index contributed by atoms with van der Waals surface area (Å²) in [6.07, 6.45) is 2.24. The molecule has 1 saturated heterocycles. The molecule has 0 aliphatic carbocycles. The third-order valence-electron chi connectivity index (χ3n) is 3.87. The molecule has 1 aromatic carbocycles. The van der Waals surface area contributed by atoms with E-state index in [-0.39, 0.29) is 5.69 Å². The standard InChI is InChI=1S/C13H12N4O3/c18-17(19)8-3-4-10-11(6-8)15-13-12(14-10)16-5-1-2-9(16)7-20-13/h3-4,6,9H,1-2,5,7H2. The van der Waals surface area contributed by atoms with Crippen molar-refractivity contribution in [1.29, 1.82) is 0 Å². The van der Waals surface area contributed by atoms with Crippen molar-refractivity contribution >= 4 is 22.5 Å². The summed E-state index contributed by atoms with van der Waals surface area (Å²) >= 11 is 0. The van der Waals surface area contributed by atoms with Gasteiger partial charge in [-0.1, -0.05) is 0 Å². The lowest BCUT2D eigenvalue weighted by molar-refractivity contribution is -0.384. The Morgan fingerprint density at radius 1 is 1.35 bits per heavy atom. The lowest BCUT2D eigenvalue weighted by atomic mass is 10.2. The monoisotopic (exact) mass is 272 g/mol. The molecule has 0 radical (unpaired) electrons. The number of aromatic nitrogens is 2. The van der Waals surface area contributed by atoms with Crippen LogP contribution in [0.4, 0.5) is 11.5 Å². The zero-order chi connectivity index (χ0) is 13.7. The second-order valence-corrected chi connectivity index (χ2v) is 5.08. The Balaban J connectivity index is 1.87. The van der Waals surface area contributed by atoms with Crippen LogP contribution in [-0.2, 0) is 0 Å². The first-order valence-corrected chi connectivity index (χ1v) is 6.58. The van der Waals surface area contributed by atoms with Crippen LogP contribution in [-0.4, -0.2) is 34.1 Å². The van der Waals surface area contributed by atoms with E-state index in [1.54, 1.807) is 6.07 Å². The van der Waals surface area contributed by atoms with E-state index in [1.165, 1.54) is 12.1 Å². The number of hydrogen-bond donors (Lipinski definition) is 0. The first-order valence-electron chi connectivity index (χ1n) is 6.58. The highest BCUT2D eigenvalue weighted by molar-refractivity contribution is 5.80. The van der Waals surface area contributed by atoms with Crippen LogP contribution in [0, 0.1) is 10.1 Å². The van der Waals surface area contributed by atoms with Crippen LogP contribution in [0.1, 0.15) is 12.8 Å². The van der Waals surface area contributed by atoms with Gasteiger partial charge in [-0.25, -0.2) is 9.97 Å². The molecule has 2 aliphatic heterocycles. The van der Waals surface area contributed by atoms with E-state index in [4.69, 9.17) is 4.74 Å². The van der Waals surface area contributed by atoms with Gasteiger partial charge in [0.25, 0.3) is 11.6 Å². The Labute approximate surface area is 114 Å². The van der Waals surface area contributed by atoms with Gasteiger partial charge in [-0.15, -0.1) is 0 Å². The van der Waals surface area contributed by atoms with Gasteiger partial charge in [0.15, 0.2) is 5.82 Å². The second kappa shape index (κ2) is 4.03. The van der Waals surface area contributed by atoms with Gasteiger partial charge in [0, 0.05) is 18.7 Å². The molecule has 7 nitrogen and oxygen atoms in total. The Bertz CT molecular complexity index is 718. The van der Waals surface area contributed by atoms with Crippen LogP contribution in [0.15, 0.2) is 18.2 Å². The van der Waals surface area contributed by atoms with Gasteiger partial charge >= 0.3 is 0 Å². The lowest BCUT2D eigenvalue weighted by Crippen LogP contribution is -2.39. The van der Waals surface area contributed by atoms with Gasteiger partial charge in [0.2, 0.25) is 0 Å². The van der Waals surface area contributed by atoms with Gasteiger partial charge in [-0.2, -0.15) is 0 Å². The molecule has 20 heavy (non-hydrogen) atoms. The summed E-state index contributed by atoms with van der Waals surface area (Å²) in [7, 11) is 0. The molecule has 1 aromatic heterocycles. The molecular weight excluding hydrogens is 260 g/mol. The van der Waals surface area contributed by atoms with E-state index in [1.807, 2.05) is 0 Å². The smallest absolute Gasteiger partial charge is 0.271 e. The summed E-state index contributed by atoms with van der Waals surface area (Å²) in [4.78, 5) is 21.6. The summed E-state index contributed by atoms with van der Waals surface area (Å²) < 4.78 is 5.66. The number of anilines is 1. The van der Waals surface area contributed by atoms with Crippen LogP contribution in [0.5, 0.6) is 5.88 Å². The summed E-state index contributed by atoms with van der Waals surface area (Å²) in [5.41, 5.74) is 1.17. The molecule has 0 N–H and O–H groups in total. The third-order valence-corrected chi connectivity index (χ3v) is 3.87. The molecular formula is C13H12N4O3. The summed E-state index contributed by atoms with van der Waals surface area (Å²) in [6.45, 7) is 1.58. The fourth-order valence-corrected chi connectivity index (χ4v) is 2.88. The highest BCUT2D eigenvalue weighted by Gasteiger charge is 2.33. The van der Waals surface area contributed by atoms with Gasteiger partial charge in [0.05, 0.1) is 22.0 Å². The van der Waals surface area contributed by atoms with Crippen molar-refractivity contribution in [3.63, 3.8) is 0 Å². The van der Waals surface area contributed by atoms with Crippen molar-refractivity contribution in [3.05, 3.63) is 28.3 Å². The van der Waals surface area contributed by atoms with Crippen LogP contribution >= 0.6 is 0 Å². The molecule has 0 spiro atoms. The number of hydrogen-bond acceptors (Lipinski definition) is 6. The van der Waals surface area contributed by atoms with Crippen molar-refractivity contribution < 1.29 is 9.66 Å². The second-order valence-electron chi connectivity index (χ2n) is 5.08. The highest BCUT2D eigenvalue weighted by Crippen LogP contribution is 2.36. The van der Waals surface area contributed by atoms with Crippen LogP contribution in [0.3, 0.4) is 0 Å². The molecule has 2 aromatic rings. The van der Waals surface area contributed by atoms with Crippen LogP contribution in [0.25, 0.3) is 11.0 Å². The maximum absolute atomic E-state index is 10.8. The summed E-state index contributed by atoms with van der Waals surface area (Å²) in [5.74, 6) is 1.25. The Hall–Kier alpha value is -2.44. The minimum atomic E-state index is -0.433. The predicted octanol–water partition coefficient (Wildman–Crippen LogP) is 1.90. The maximum Gasteiger partial charge on any atom is 0.271 e. The zero-order valence-corrected chi connectivity index (χ0v) is 10.7. The lowest BCUT2D eigenvalue weighted by Gasteiger charge is -2.31. The van der Waals surface area contributed by atoms with Crippen molar-refractivity contribution in [2.24, 2.45) is 0 Å². The Morgan fingerprint density at radius 3 is 3.10 bits per heavy atom. The van der Waals surface area contributed by atoms with E-state index in [9.17, 15) is 10.1 Å². The van der Waals surface area contributed by atoms with Gasteiger partial charge in [-0.05, 0) is 18.9 Å². The Morgan fingerprint density at radius 2 is 2.25 bits per heavy atom. The molecule has 0 saturated carbocycles. The van der Waals surface area contributed by atoms with E-state index in [2.05, 4.69) is 14.9 Å². The number of non-ortho nitro benzene ring substituents is 1. The molecule has 102 valence electrons. The number of rotatable bonds is 1. The first kappa shape index (κ1) is 11.4. The van der Waals surface area contributed by atoms with Crippen LogP contribution in [0.2, 0.25) is 0 Å². The molecule has 0 bridgehead atoms. The molecule has 2 aliphatic rings. The summed E-state index contributed by atoms with van der Waals surface area (Å²) in [6, 6.07) is 4.91. The molecule has 1 atom stereocenters. The minimum absolute atomic E-state index is 0.0154. The third kappa shape index (κ3) is 1.59. The first-order chi connectivity index (χ1) is 9.72. The number of ether oxygens (including phenoxy) is 1. The van der Waals surface area contributed by atoms with E-state index >= 15 is 0 Å². The number of nitro groups is 1. The molecule has 7 heteroatoms. The largest absolute Gasteiger partial charge is 0.473 e. The molecule has 4 rings (SSSR count). The highest BCUT2D eigenvalue weighted by atomic mass is 16.6. The van der Waals surface area contributed by atoms with Crippen molar-refractivity contribution in [2.45, 2.75) is 18.9 Å². The van der Waals surface area contributed by atoms with Crippen LogP contribution < -0.4 is 9.64 Å². The van der Waals surface area contributed by atoms with Crippen molar-refractivity contribution in [3.8, 4) is 5.88 Å². The van der Waals surface area contributed by atoms with Crippen molar-refractivity contribution in [1.82, 2.24) is 9.97 Å². The molecule has 1 fully saturated rings. The zero-order valence-electron chi connectivity index (χ0n) is 10.7. The fraction of sp³-hybridized carbons (Fsp3) is 0.385. The number of benzene rings is 1. The Kier molecular flexibility index (Phi) is 2.29. The average molecular weight is 272 g/mol. The van der Waals surface area contributed by atoms with Gasteiger partial charge < -0.3 is 9.64 Å². The fourth-order valence-electron chi connectivity index (χ4n) is 2.88. The maximum atomic E-state index is 10.8. The molecule has 0 amide bonds. The van der Waals surface area contributed by atoms with Gasteiger partial charge in [-0.3, -0.25) is 10.1 Å². The molecule has 3 heterocycles. The number of fused-ring (bicyclic) bond motifs is 4. The summed E-state index contributed by atoms with van der Waals surface area (Å²) in [5, 5.41) is 10.8. The molecule has 1 unspecified atom stereocenters. The predicted molar refractivity (Wildman–Crippen MR) is 72.1 cm³/mol. The quantitative estimate of drug-likeness (QED) is 0.582. The van der Waals surface area contributed by atoms with E-state index < -0.39 is 4.92 Å². The van der Waals surface area contributed by atoms with E-state index in [0.29, 0.717) is 29.6 Å². The average Bonchev–Trinajstić information content (AvgIpc) is 2.93. The topological polar surface area (TPSA) is 81.4 Å². The minimum Gasteiger partial charge on any atom is -0.473 e. The van der Waals surface area contributed by atoms with Crippen molar-refractivity contribution in [2.75, 3.05) is 18.1 Å². The SMILES string of the molecule is O=[N+]([O-])c1ccc2nc3c(nc2c1)OCC1CCCN31.